The highest BCUT2D eigenvalue weighted by molar-refractivity contribution is 9.11. The summed E-state index contributed by atoms with van der Waals surface area (Å²) in [6.45, 7) is 1.15. The first-order valence-electron chi connectivity index (χ1n) is 4.86. The van der Waals surface area contributed by atoms with E-state index in [-0.39, 0.29) is 5.56 Å². The van der Waals surface area contributed by atoms with Crippen molar-refractivity contribution < 1.29 is 23.8 Å². The van der Waals surface area contributed by atoms with Gasteiger partial charge in [-0.25, -0.2) is 4.79 Å². The Balaban J connectivity index is 3.55. The van der Waals surface area contributed by atoms with Crippen LogP contribution in [0.25, 0.3) is 0 Å². The molecule has 0 saturated heterocycles. The van der Waals surface area contributed by atoms with E-state index in [1.807, 2.05) is 0 Å². The molecular weight excluding hydrogens is 452 g/mol. The number of carbonyl (C=O) groups is 2. The van der Waals surface area contributed by atoms with Crippen molar-refractivity contribution in [1.29, 1.82) is 0 Å². The molecule has 0 aromatic heterocycles. The summed E-state index contributed by atoms with van der Waals surface area (Å²) < 4.78 is 16.2. The first kappa shape index (κ1) is 16.5. The van der Waals surface area contributed by atoms with E-state index in [0.717, 1.165) is 6.92 Å². The average Bonchev–Trinajstić information content (AvgIpc) is 2.28. The van der Waals surface area contributed by atoms with Crippen molar-refractivity contribution in [2.24, 2.45) is 0 Å². The molecule has 0 saturated carbocycles. The van der Waals surface area contributed by atoms with Crippen LogP contribution in [0.3, 0.4) is 0 Å². The normalized spacial score (nSPS) is 10.0. The van der Waals surface area contributed by atoms with Crippen molar-refractivity contribution in [3.05, 3.63) is 19.0 Å². The average molecular weight is 461 g/mol. The number of hydrogen-bond donors (Lipinski definition) is 0. The number of carbonyl (C=O) groups excluding carboxylic acids is 2. The molecule has 5 nitrogen and oxygen atoms in total. The molecule has 0 radical (unpaired) electrons. The maximum Gasteiger partial charge on any atom is 0.348 e. The van der Waals surface area contributed by atoms with Crippen LogP contribution in [0.4, 0.5) is 0 Å². The van der Waals surface area contributed by atoms with Gasteiger partial charge < -0.3 is 14.2 Å². The zero-order valence-electron chi connectivity index (χ0n) is 10.2. The van der Waals surface area contributed by atoms with Crippen LogP contribution in [0.1, 0.15) is 17.3 Å². The highest BCUT2D eigenvalue weighted by Crippen LogP contribution is 2.48. The molecule has 0 aliphatic rings. The van der Waals surface area contributed by atoms with Gasteiger partial charge in [0.1, 0.15) is 4.47 Å². The molecule has 0 N–H and O–H groups in total. The first-order valence-corrected chi connectivity index (χ1v) is 7.24. The zero-order valence-corrected chi connectivity index (χ0v) is 14.9. The van der Waals surface area contributed by atoms with E-state index < -0.39 is 11.9 Å². The lowest BCUT2D eigenvalue weighted by molar-refractivity contribution is -0.135. The largest absolute Gasteiger partial charge is 0.494 e. The highest BCUT2D eigenvalue weighted by Gasteiger charge is 2.27. The predicted octanol–water partition coefficient (Wildman–Crippen LogP) is 3.69. The Hall–Kier alpha value is -0.600. The predicted molar refractivity (Wildman–Crippen MR) is 78.7 cm³/mol. The summed E-state index contributed by atoms with van der Waals surface area (Å²) in [7, 11) is 2.89. The summed E-state index contributed by atoms with van der Waals surface area (Å²) in [6.07, 6.45) is 0. The van der Waals surface area contributed by atoms with Gasteiger partial charge in [-0.15, -0.1) is 0 Å². The molecule has 0 atom stereocenters. The summed E-state index contributed by atoms with van der Waals surface area (Å²) >= 11 is 9.80. The number of rotatable bonds is 3. The first-order chi connectivity index (χ1) is 8.84. The van der Waals surface area contributed by atoms with Crippen LogP contribution in [0.5, 0.6) is 11.5 Å². The standard InChI is InChI=1S/C11H9Br3O5/c1-4(15)19-11(16)5-6(12)9(17-2)8(14)10(18-3)7(5)13/h1-3H3. The van der Waals surface area contributed by atoms with Crippen molar-refractivity contribution in [2.75, 3.05) is 14.2 Å². The topological polar surface area (TPSA) is 61.8 Å². The number of halogens is 3. The number of benzene rings is 1. The monoisotopic (exact) mass is 458 g/mol. The maximum absolute atomic E-state index is 11.9. The summed E-state index contributed by atoms with van der Waals surface area (Å²) in [6, 6.07) is 0. The van der Waals surface area contributed by atoms with Crippen LogP contribution >= 0.6 is 47.8 Å². The molecule has 0 bridgehead atoms. The Morgan fingerprint density at radius 1 is 0.895 bits per heavy atom. The minimum Gasteiger partial charge on any atom is -0.494 e. The van der Waals surface area contributed by atoms with E-state index in [2.05, 4.69) is 52.5 Å². The molecule has 1 aromatic carbocycles. The molecule has 0 fully saturated rings. The van der Waals surface area contributed by atoms with E-state index in [4.69, 9.17) is 9.47 Å². The fourth-order valence-corrected chi connectivity index (χ4v) is 4.30. The van der Waals surface area contributed by atoms with Crippen LogP contribution in [0, 0.1) is 0 Å². The Kier molecular flexibility index (Phi) is 5.82. The van der Waals surface area contributed by atoms with Crippen molar-refractivity contribution in [3.63, 3.8) is 0 Å². The van der Waals surface area contributed by atoms with E-state index in [9.17, 15) is 9.59 Å². The van der Waals surface area contributed by atoms with Gasteiger partial charge in [0, 0.05) is 6.92 Å². The molecule has 0 spiro atoms. The molecule has 0 heterocycles. The third kappa shape index (κ3) is 3.29. The number of hydrogen-bond acceptors (Lipinski definition) is 5. The fourth-order valence-electron chi connectivity index (χ4n) is 1.34. The number of esters is 2. The highest BCUT2D eigenvalue weighted by atomic mass is 79.9. The number of ether oxygens (including phenoxy) is 3. The molecule has 0 unspecified atom stereocenters. The van der Waals surface area contributed by atoms with Gasteiger partial charge >= 0.3 is 11.9 Å². The lowest BCUT2D eigenvalue weighted by atomic mass is 10.2. The van der Waals surface area contributed by atoms with Crippen molar-refractivity contribution in [2.45, 2.75) is 6.92 Å². The van der Waals surface area contributed by atoms with Gasteiger partial charge in [0.05, 0.1) is 28.7 Å². The second kappa shape index (κ2) is 6.71. The van der Waals surface area contributed by atoms with Crippen LogP contribution in [-0.4, -0.2) is 26.2 Å². The van der Waals surface area contributed by atoms with Crippen LogP contribution in [0.15, 0.2) is 13.4 Å². The van der Waals surface area contributed by atoms with Crippen LogP contribution in [-0.2, 0) is 9.53 Å². The van der Waals surface area contributed by atoms with Crippen molar-refractivity contribution >= 4 is 59.7 Å². The van der Waals surface area contributed by atoms with E-state index in [1.54, 1.807) is 0 Å². The Bertz CT molecular complexity index is 511. The minimum atomic E-state index is -0.810. The molecular formula is C11H9Br3O5. The van der Waals surface area contributed by atoms with E-state index >= 15 is 0 Å². The lowest BCUT2D eigenvalue weighted by Crippen LogP contribution is -2.12. The second-order valence-electron chi connectivity index (χ2n) is 3.26. The van der Waals surface area contributed by atoms with Gasteiger partial charge in [0.15, 0.2) is 11.5 Å². The molecule has 8 heteroatoms. The Morgan fingerprint density at radius 3 is 1.63 bits per heavy atom. The quantitative estimate of drug-likeness (QED) is 0.508. The molecule has 104 valence electrons. The van der Waals surface area contributed by atoms with E-state index in [1.165, 1.54) is 14.2 Å². The molecule has 1 aromatic rings. The Labute approximate surface area is 135 Å². The molecule has 1 rings (SSSR count). The fraction of sp³-hybridized carbons (Fsp3) is 0.273. The molecule has 0 aliphatic heterocycles. The van der Waals surface area contributed by atoms with Gasteiger partial charge in [-0.1, -0.05) is 0 Å². The van der Waals surface area contributed by atoms with Gasteiger partial charge in [0.2, 0.25) is 0 Å². The smallest absolute Gasteiger partial charge is 0.348 e. The summed E-state index contributed by atoms with van der Waals surface area (Å²) in [5.74, 6) is -0.800. The van der Waals surface area contributed by atoms with Gasteiger partial charge in [-0.2, -0.15) is 0 Å². The molecule has 19 heavy (non-hydrogen) atoms. The lowest BCUT2D eigenvalue weighted by Gasteiger charge is -2.16. The van der Waals surface area contributed by atoms with E-state index in [0.29, 0.717) is 24.9 Å². The van der Waals surface area contributed by atoms with Crippen LogP contribution in [0.2, 0.25) is 0 Å². The van der Waals surface area contributed by atoms with Crippen molar-refractivity contribution in [1.82, 2.24) is 0 Å². The van der Waals surface area contributed by atoms with Gasteiger partial charge in [0.25, 0.3) is 0 Å². The van der Waals surface area contributed by atoms with Crippen molar-refractivity contribution in [3.8, 4) is 11.5 Å². The summed E-state index contributed by atoms with van der Waals surface area (Å²) in [5.41, 5.74) is 0.104. The SMILES string of the molecule is COc1c(Br)c(OC)c(Br)c(C(=O)OC(C)=O)c1Br. The summed E-state index contributed by atoms with van der Waals surface area (Å²) in [4.78, 5) is 22.8. The number of methoxy groups -OCH3 is 2. The van der Waals surface area contributed by atoms with Gasteiger partial charge in [-0.3, -0.25) is 4.79 Å². The summed E-state index contributed by atoms with van der Waals surface area (Å²) in [5, 5.41) is 0. The minimum absolute atomic E-state index is 0.104. The third-order valence-electron chi connectivity index (χ3n) is 2.09. The third-order valence-corrected chi connectivity index (χ3v) is 4.32. The second-order valence-corrected chi connectivity index (χ2v) is 5.64. The maximum atomic E-state index is 11.9. The van der Waals surface area contributed by atoms with Crippen LogP contribution < -0.4 is 9.47 Å². The molecule has 0 aliphatic carbocycles. The van der Waals surface area contributed by atoms with Gasteiger partial charge in [-0.05, 0) is 47.8 Å². The Morgan fingerprint density at radius 2 is 1.32 bits per heavy atom. The zero-order chi connectivity index (χ0) is 14.7. The molecule has 0 amide bonds.